The second kappa shape index (κ2) is 9.40. The lowest BCUT2D eigenvalue weighted by molar-refractivity contribution is -0.133. The molecule has 1 aromatic carbocycles. The number of hydrogen-bond donors (Lipinski definition) is 0. The fourth-order valence-corrected chi connectivity index (χ4v) is 5.45. The number of amides is 1. The number of fused-ring (bicyclic) bond motifs is 3. The average Bonchev–Trinajstić information content (AvgIpc) is 3.07. The van der Waals surface area contributed by atoms with Gasteiger partial charge in [0.15, 0.2) is 0 Å². The van der Waals surface area contributed by atoms with E-state index in [2.05, 4.69) is 40.0 Å². The van der Waals surface area contributed by atoms with Crippen LogP contribution in [-0.2, 0) is 9.53 Å². The van der Waals surface area contributed by atoms with Crippen molar-refractivity contribution in [1.29, 1.82) is 5.26 Å². The topological polar surface area (TPSA) is 82.4 Å². The van der Waals surface area contributed by atoms with E-state index in [1.807, 2.05) is 42.2 Å². The molecule has 2 bridgehead atoms. The van der Waals surface area contributed by atoms with Gasteiger partial charge in [0.2, 0.25) is 5.91 Å². The Hall–Kier alpha value is -3.50. The van der Waals surface area contributed by atoms with Gasteiger partial charge >= 0.3 is 0 Å². The zero-order chi connectivity index (χ0) is 23.7. The van der Waals surface area contributed by atoms with Gasteiger partial charge < -0.3 is 14.5 Å². The van der Waals surface area contributed by atoms with Gasteiger partial charge in [-0.3, -0.25) is 9.78 Å². The summed E-state index contributed by atoms with van der Waals surface area (Å²) in [5, 5.41) is 10.1. The molecule has 0 aliphatic carbocycles. The highest BCUT2D eigenvalue weighted by Crippen LogP contribution is 2.37. The van der Waals surface area contributed by atoms with Crippen molar-refractivity contribution in [3.05, 3.63) is 66.0 Å². The summed E-state index contributed by atoms with van der Waals surface area (Å²) in [6, 6.07) is 16.4. The fraction of sp³-hybridized carbons (Fsp3) is 0.407. The molecule has 4 heterocycles. The number of carbonyl (C=O) groups excluding carboxylic acids is 1. The van der Waals surface area contributed by atoms with E-state index in [-0.39, 0.29) is 24.1 Å². The highest BCUT2D eigenvalue weighted by atomic mass is 16.5. The number of pyridine rings is 2. The molecule has 7 nitrogen and oxygen atoms in total. The van der Waals surface area contributed by atoms with Crippen molar-refractivity contribution in [3.8, 4) is 6.07 Å². The molecule has 1 amide bonds. The summed E-state index contributed by atoms with van der Waals surface area (Å²) in [5.74, 6) is 1.52. The maximum absolute atomic E-state index is 13.0. The molecular formula is C27H29N5O2. The largest absolute Gasteiger partial charge is 0.373 e. The Morgan fingerprint density at radius 2 is 2.09 bits per heavy atom. The first-order valence-corrected chi connectivity index (χ1v) is 11.9. The molecule has 3 aromatic rings. The van der Waals surface area contributed by atoms with Gasteiger partial charge in [0, 0.05) is 36.9 Å². The lowest BCUT2D eigenvalue weighted by atomic mass is 10.0. The van der Waals surface area contributed by atoms with Crippen LogP contribution in [0.15, 0.2) is 54.9 Å². The lowest BCUT2D eigenvalue weighted by Crippen LogP contribution is -2.56. The van der Waals surface area contributed by atoms with Crippen molar-refractivity contribution in [2.24, 2.45) is 5.92 Å². The number of rotatable bonds is 6. The summed E-state index contributed by atoms with van der Waals surface area (Å²) in [6.07, 6.45) is 4.72. The third-order valence-electron chi connectivity index (χ3n) is 7.19. The zero-order valence-electron chi connectivity index (χ0n) is 19.6. The minimum Gasteiger partial charge on any atom is -0.373 e. The number of nitrogens with zero attached hydrogens (tertiary/aromatic N) is 5. The highest BCUT2D eigenvalue weighted by molar-refractivity contribution is 5.82. The molecule has 2 aliphatic rings. The molecule has 2 aromatic heterocycles. The normalized spacial score (nSPS) is 22.6. The number of benzene rings is 1. The molecule has 4 atom stereocenters. The number of likely N-dealkylation sites (tertiary alicyclic amines) is 1. The van der Waals surface area contributed by atoms with Gasteiger partial charge in [-0.25, -0.2) is 4.98 Å². The van der Waals surface area contributed by atoms with Crippen LogP contribution in [-0.4, -0.2) is 52.6 Å². The van der Waals surface area contributed by atoms with E-state index in [0.717, 1.165) is 28.7 Å². The van der Waals surface area contributed by atoms with E-state index in [1.165, 1.54) is 0 Å². The van der Waals surface area contributed by atoms with Crippen molar-refractivity contribution < 1.29 is 9.53 Å². The lowest BCUT2D eigenvalue weighted by Gasteiger charge is -2.42. The molecule has 0 saturated carbocycles. The monoisotopic (exact) mass is 455 g/mol. The van der Waals surface area contributed by atoms with E-state index in [9.17, 15) is 4.79 Å². The zero-order valence-corrected chi connectivity index (χ0v) is 19.6. The predicted octanol–water partition coefficient (Wildman–Crippen LogP) is 4.09. The van der Waals surface area contributed by atoms with Crippen molar-refractivity contribution >= 4 is 22.6 Å². The number of nitriles is 1. The summed E-state index contributed by atoms with van der Waals surface area (Å²) in [4.78, 5) is 26.3. The minimum absolute atomic E-state index is 0.115. The van der Waals surface area contributed by atoms with E-state index >= 15 is 0 Å². The summed E-state index contributed by atoms with van der Waals surface area (Å²) in [6.45, 7) is 6.06. The number of carbonyl (C=O) groups is 1. The second-order valence-corrected chi connectivity index (χ2v) is 9.34. The second-order valence-electron chi connectivity index (χ2n) is 9.34. The molecule has 34 heavy (non-hydrogen) atoms. The minimum atomic E-state index is -0.115. The third-order valence-corrected chi connectivity index (χ3v) is 7.19. The van der Waals surface area contributed by atoms with Crippen LogP contribution in [0.4, 0.5) is 5.82 Å². The first kappa shape index (κ1) is 22.3. The van der Waals surface area contributed by atoms with E-state index in [1.54, 1.807) is 12.4 Å². The van der Waals surface area contributed by atoms with Gasteiger partial charge in [-0.2, -0.15) is 5.26 Å². The molecule has 2 aliphatic heterocycles. The summed E-state index contributed by atoms with van der Waals surface area (Å²) in [5.41, 5.74) is 2.60. The number of hydrogen-bond acceptors (Lipinski definition) is 6. The number of piperazine rings is 1. The van der Waals surface area contributed by atoms with Crippen molar-refractivity contribution in [2.45, 2.75) is 44.9 Å². The Labute approximate surface area is 200 Å². The molecule has 0 radical (unpaired) electrons. The van der Waals surface area contributed by atoms with Crippen LogP contribution in [0.5, 0.6) is 0 Å². The third kappa shape index (κ3) is 4.22. The predicted molar refractivity (Wildman–Crippen MR) is 130 cm³/mol. The van der Waals surface area contributed by atoms with E-state index in [4.69, 9.17) is 10.00 Å². The number of ether oxygens (including phenoxy) is 1. The Morgan fingerprint density at radius 3 is 2.85 bits per heavy atom. The van der Waals surface area contributed by atoms with Crippen LogP contribution in [0.2, 0.25) is 0 Å². The Kier molecular flexibility index (Phi) is 6.16. The van der Waals surface area contributed by atoms with Crippen LogP contribution in [0.1, 0.15) is 43.9 Å². The van der Waals surface area contributed by atoms with Crippen LogP contribution in [0, 0.1) is 17.2 Å². The van der Waals surface area contributed by atoms with Crippen LogP contribution in [0.3, 0.4) is 0 Å². The van der Waals surface area contributed by atoms with Gasteiger partial charge in [0.1, 0.15) is 11.9 Å². The van der Waals surface area contributed by atoms with Crippen LogP contribution >= 0.6 is 0 Å². The molecule has 3 unspecified atom stereocenters. The van der Waals surface area contributed by atoms with Gasteiger partial charge in [-0.05, 0) is 49.1 Å². The fourth-order valence-electron chi connectivity index (χ4n) is 5.45. The Bertz CT molecular complexity index is 1220. The molecule has 2 saturated heterocycles. The Morgan fingerprint density at radius 1 is 1.21 bits per heavy atom. The van der Waals surface area contributed by atoms with Gasteiger partial charge in [-0.1, -0.05) is 25.1 Å². The van der Waals surface area contributed by atoms with Crippen molar-refractivity contribution in [2.75, 3.05) is 24.6 Å². The maximum Gasteiger partial charge on any atom is 0.225 e. The first-order chi connectivity index (χ1) is 16.5. The molecule has 7 heteroatoms. The summed E-state index contributed by atoms with van der Waals surface area (Å²) >= 11 is 0. The van der Waals surface area contributed by atoms with Crippen LogP contribution in [0.25, 0.3) is 10.9 Å². The number of anilines is 1. The smallest absolute Gasteiger partial charge is 0.225 e. The van der Waals surface area contributed by atoms with Crippen molar-refractivity contribution in [3.63, 3.8) is 0 Å². The molecule has 2 fully saturated rings. The average molecular weight is 456 g/mol. The molecule has 174 valence electrons. The molecule has 0 spiro atoms. The van der Waals surface area contributed by atoms with E-state index in [0.29, 0.717) is 37.6 Å². The molecule has 5 rings (SSSR count). The Balaban J connectivity index is 1.19. The van der Waals surface area contributed by atoms with Gasteiger partial charge in [0.25, 0.3) is 0 Å². The number of aromatic nitrogens is 2. The van der Waals surface area contributed by atoms with Crippen LogP contribution < -0.4 is 4.90 Å². The standard InChI is InChI=1S/C27H29N5O2/c1-18-13-21-16-31(17-25(18)32(21)26-9-8-20(14-28)15-30-26)27(33)10-12-34-19(2)22-5-3-7-24-23(22)6-4-11-29-24/h3-9,11,15,18-19,21,25H,10,12-13,16-17H2,1-2H3/t18-,19?,21?,25?/m0/s1. The molecule has 0 N–H and O–H groups in total. The van der Waals surface area contributed by atoms with Crippen molar-refractivity contribution in [1.82, 2.24) is 14.9 Å². The van der Waals surface area contributed by atoms with Gasteiger partial charge in [-0.15, -0.1) is 0 Å². The van der Waals surface area contributed by atoms with E-state index < -0.39 is 0 Å². The SMILES string of the molecule is CC(OCCC(=O)N1CC2C[C@H](C)C(C1)N2c1ccc(C#N)cn1)c1cccc2ncccc12. The quantitative estimate of drug-likeness (QED) is 0.557. The first-order valence-electron chi connectivity index (χ1n) is 11.9. The summed E-state index contributed by atoms with van der Waals surface area (Å²) < 4.78 is 6.08. The highest BCUT2D eigenvalue weighted by Gasteiger charge is 2.45. The van der Waals surface area contributed by atoms with Gasteiger partial charge in [0.05, 0.1) is 36.3 Å². The summed E-state index contributed by atoms with van der Waals surface area (Å²) in [7, 11) is 0. The molecular weight excluding hydrogens is 426 g/mol. The maximum atomic E-state index is 13.0.